The van der Waals surface area contributed by atoms with E-state index in [0.29, 0.717) is 11.6 Å². The number of furan rings is 1. The Kier molecular flexibility index (Phi) is 3.51. The summed E-state index contributed by atoms with van der Waals surface area (Å²) in [5.74, 6) is 1.05. The molecular formula is C15H14N4O2. The van der Waals surface area contributed by atoms with Crippen LogP contribution in [0.25, 0.3) is 11.0 Å². The Bertz CT molecular complexity index is 787. The monoisotopic (exact) mass is 282 g/mol. The van der Waals surface area contributed by atoms with Crippen molar-refractivity contribution in [3.05, 3.63) is 54.2 Å². The van der Waals surface area contributed by atoms with Crippen molar-refractivity contribution in [1.29, 1.82) is 0 Å². The van der Waals surface area contributed by atoms with Crippen molar-refractivity contribution in [1.82, 2.24) is 15.0 Å². The third-order valence-electron chi connectivity index (χ3n) is 3.12. The van der Waals surface area contributed by atoms with Crippen LogP contribution in [0.1, 0.15) is 11.6 Å². The smallest absolute Gasteiger partial charge is 0.247 e. The van der Waals surface area contributed by atoms with Crippen LogP contribution in [0.3, 0.4) is 0 Å². The first-order chi connectivity index (χ1) is 10.2. The second-order valence-electron chi connectivity index (χ2n) is 4.56. The summed E-state index contributed by atoms with van der Waals surface area (Å²) in [5, 5.41) is 3.84. The highest BCUT2D eigenvalue weighted by Gasteiger charge is 2.10. The lowest BCUT2D eigenvalue weighted by molar-refractivity contribution is -0.120. The molecule has 21 heavy (non-hydrogen) atoms. The van der Waals surface area contributed by atoms with Gasteiger partial charge in [-0.25, -0.2) is 10.4 Å². The van der Waals surface area contributed by atoms with Crippen LogP contribution in [-0.4, -0.2) is 21.7 Å². The van der Waals surface area contributed by atoms with Crippen LogP contribution in [-0.2, 0) is 18.3 Å². The maximum absolute atomic E-state index is 11.9. The minimum absolute atomic E-state index is 0.167. The first-order valence-corrected chi connectivity index (χ1v) is 6.50. The fourth-order valence-electron chi connectivity index (χ4n) is 2.07. The van der Waals surface area contributed by atoms with Gasteiger partial charge in [-0.1, -0.05) is 12.1 Å². The molecule has 0 aliphatic carbocycles. The summed E-state index contributed by atoms with van der Waals surface area (Å²) in [6, 6.07) is 11.3. The van der Waals surface area contributed by atoms with Crippen LogP contribution >= 0.6 is 0 Å². The second kappa shape index (κ2) is 5.62. The molecule has 0 saturated carbocycles. The van der Waals surface area contributed by atoms with Crippen LogP contribution < -0.4 is 5.43 Å². The highest BCUT2D eigenvalue weighted by atomic mass is 16.3. The highest BCUT2D eigenvalue weighted by molar-refractivity contribution is 5.82. The zero-order chi connectivity index (χ0) is 14.7. The lowest BCUT2D eigenvalue weighted by Crippen LogP contribution is -2.21. The second-order valence-corrected chi connectivity index (χ2v) is 4.56. The number of carbonyl (C=O) groups excluding carboxylic acids is 1. The summed E-state index contributed by atoms with van der Waals surface area (Å²) in [4.78, 5) is 16.3. The number of nitrogens with zero attached hydrogens (tertiary/aromatic N) is 3. The first kappa shape index (κ1) is 13.1. The Balaban J connectivity index is 1.67. The molecule has 2 heterocycles. The van der Waals surface area contributed by atoms with E-state index in [9.17, 15) is 4.79 Å². The zero-order valence-electron chi connectivity index (χ0n) is 11.5. The van der Waals surface area contributed by atoms with Crippen molar-refractivity contribution < 1.29 is 9.21 Å². The van der Waals surface area contributed by atoms with Gasteiger partial charge in [0.1, 0.15) is 11.6 Å². The minimum Gasteiger partial charge on any atom is -0.463 e. The van der Waals surface area contributed by atoms with Crippen LogP contribution in [0.5, 0.6) is 0 Å². The van der Waals surface area contributed by atoms with E-state index in [2.05, 4.69) is 15.5 Å². The third-order valence-corrected chi connectivity index (χ3v) is 3.12. The van der Waals surface area contributed by atoms with E-state index in [1.165, 1.54) is 6.21 Å². The molecule has 106 valence electrons. The Labute approximate surface area is 121 Å². The van der Waals surface area contributed by atoms with Crippen LogP contribution in [0.4, 0.5) is 0 Å². The van der Waals surface area contributed by atoms with Gasteiger partial charge in [-0.05, 0) is 24.3 Å². The Morgan fingerprint density at radius 1 is 1.38 bits per heavy atom. The predicted molar refractivity (Wildman–Crippen MR) is 78.9 cm³/mol. The molecule has 2 aromatic heterocycles. The average Bonchev–Trinajstić information content (AvgIpc) is 3.09. The van der Waals surface area contributed by atoms with Gasteiger partial charge in [0.2, 0.25) is 5.91 Å². The number of aryl methyl sites for hydroxylation is 1. The average molecular weight is 282 g/mol. The summed E-state index contributed by atoms with van der Waals surface area (Å²) in [7, 11) is 1.89. The van der Waals surface area contributed by atoms with Gasteiger partial charge in [0.25, 0.3) is 0 Å². The van der Waals surface area contributed by atoms with Gasteiger partial charge in [0, 0.05) is 7.05 Å². The van der Waals surface area contributed by atoms with Gasteiger partial charge in [-0.3, -0.25) is 4.79 Å². The van der Waals surface area contributed by atoms with Gasteiger partial charge in [0.05, 0.1) is 29.9 Å². The number of nitrogens with one attached hydrogen (secondary N) is 1. The van der Waals surface area contributed by atoms with Crippen molar-refractivity contribution in [2.75, 3.05) is 0 Å². The van der Waals surface area contributed by atoms with Gasteiger partial charge in [-0.2, -0.15) is 5.10 Å². The predicted octanol–water partition coefficient (Wildman–Crippen LogP) is 1.86. The lowest BCUT2D eigenvalue weighted by atomic mass is 10.3. The molecule has 0 saturated heterocycles. The molecule has 6 heteroatoms. The molecule has 0 radical (unpaired) electrons. The number of hydrazone groups is 1. The Hall–Kier alpha value is -2.89. The van der Waals surface area contributed by atoms with Crippen LogP contribution in [0.15, 0.2) is 52.2 Å². The number of fused-ring (bicyclic) bond motifs is 1. The molecule has 3 aromatic rings. The number of amides is 1. The zero-order valence-corrected chi connectivity index (χ0v) is 11.5. The third kappa shape index (κ3) is 2.84. The quantitative estimate of drug-likeness (QED) is 0.586. The molecule has 1 aromatic carbocycles. The van der Waals surface area contributed by atoms with Gasteiger partial charge in [-0.15, -0.1) is 0 Å². The van der Waals surface area contributed by atoms with E-state index in [1.54, 1.807) is 18.4 Å². The van der Waals surface area contributed by atoms with E-state index in [4.69, 9.17) is 4.42 Å². The number of aromatic nitrogens is 2. The van der Waals surface area contributed by atoms with Gasteiger partial charge < -0.3 is 8.98 Å². The number of imidazole rings is 1. The first-order valence-electron chi connectivity index (χ1n) is 6.50. The maximum atomic E-state index is 11.9. The van der Waals surface area contributed by atoms with Crippen molar-refractivity contribution in [3.8, 4) is 0 Å². The van der Waals surface area contributed by atoms with Gasteiger partial charge >= 0.3 is 0 Å². The highest BCUT2D eigenvalue weighted by Crippen LogP contribution is 2.14. The van der Waals surface area contributed by atoms with Crippen LogP contribution in [0.2, 0.25) is 0 Å². The number of carbonyl (C=O) groups is 1. The Morgan fingerprint density at radius 3 is 3.00 bits per heavy atom. The lowest BCUT2D eigenvalue weighted by Gasteiger charge is -2.01. The largest absolute Gasteiger partial charge is 0.463 e. The van der Waals surface area contributed by atoms with E-state index in [-0.39, 0.29) is 12.3 Å². The molecule has 0 atom stereocenters. The van der Waals surface area contributed by atoms with Gasteiger partial charge in [0.15, 0.2) is 0 Å². The molecule has 1 N–H and O–H groups in total. The minimum atomic E-state index is -0.226. The summed E-state index contributed by atoms with van der Waals surface area (Å²) in [6.45, 7) is 0. The molecule has 1 amide bonds. The molecule has 0 aliphatic heterocycles. The van der Waals surface area contributed by atoms with E-state index in [1.807, 2.05) is 35.9 Å². The molecule has 0 aliphatic rings. The molecule has 0 unspecified atom stereocenters. The van der Waals surface area contributed by atoms with E-state index < -0.39 is 0 Å². The van der Waals surface area contributed by atoms with E-state index >= 15 is 0 Å². The van der Waals surface area contributed by atoms with Crippen molar-refractivity contribution in [2.24, 2.45) is 12.1 Å². The van der Waals surface area contributed by atoms with E-state index in [0.717, 1.165) is 11.0 Å². The number of hydrogen-bond acceptors (Lipinski definition) is 4. The van der Waals surface area contributed by atoms with Crippen molar-refractivity contribution in [2.45, 2.75) is 6.42 Å². The molecule has 3 rings (SSSR count). The standard InChI is InChI=1S/C15H14N4O2/c1-19-13-7-3-2-6-12(13)17-14(19)9-15(20)18-16-10-11-5-4-8-21-11/h2-8,10H,9H2,1H3,(H,18,20). The molecule has 0 spiro atoms. The topological polar surface area (TPSA) is 72.4 Å². The molecule has 0 fully saturated rings. The number of hydrogen-bond donors (Lipinski definition) is 1. The molecule has 0 bridgehead atoms. The summed E-state index contributed by atoms with van der Waals surface area (Å²) in [5.41, 5.74) is 4.33. The van der Waals surface area contributed by atoms with Crippen LogP contribution in [0, 0.1) is 0 Å². The number of rotatable bonds is 4. The number of para-hydroxylation sites is 2. The van der Waals surface area contributed by atoms with Crippen molar-refractivity contribution >= 4 is 23.2 Å². The summed E-state index contributed by atoms with van der Waals surface area (Å²) >= 11 is 0. The SMILES string of the molecule is Cn1c(CC(=O)NN=Cc2ccco2)nc2ccccc21. The Morgan fingerprint density at radius 2 is 2.24 bits per heavy atom. The molecule has 6 nitrogen and oxygen atoms in total. The summed E-state index contributed by atoms with van der Waals surface area (Å²) < 4.78 is 6.98. The number of benzene rings is 1. The molecular weight excluding hydrogens is 268 g/mol. The van der Waals surface area contributed by atoms with Crippen molar-refractivity contribution in [3.63, 3.8) is 0 Å². The maximum Gasteiger partial charge on any atom is 0.247 e. The fourth-order valence-corrected chi connectivity index (χ4v) is 2.07. The summed E-state index contributed by atoms with van der Waals surface area (Å²) in [6.07, 6.45) is 3.16. The fraction of sp³-hybridized carbons (Fsp3) is 0.133. The normalized spacial score (nSPS) is 11.3.